The number of hydrogen-bond donors (Lipinski definition) is 3. The van der Waals surface area contributed by atoms with Gasteiger partial charge in [0.1, 0.15) is 5.37 Å². The molecule has 3 N–H and O–H groups in total. The molecule has 1 amide bonds. The number of piperazine rings is 1. The Morgan fingerprint density at radius 1 is 1.22 bits per heavy atom. The molecule has 6 nitrogen and oxygen atoms in total. The number of rotatable bonds is 5. The lowest BCUT2D eigenvalue weighted by Gasteiger charge is -2.39. The van der Waals surface area contributed by atoms with Gasteiger partial charge in [0, 0.05) is 30.7 Å². The van der Waals surface area contributed by atoms with E-state index in [4.69, 9.17) is 5.73 Å². The third kappa shape index (κ3) is 4.59. The molecular weight excluding hydrogens is 362 g/mol. The van der Waals surface area contributed by atoms with Gasteiger partial charge < -0.3 is 11.1 Å². The summed E-state index contributed by atoms with van der Waals surface area (Å²) in [4.78, 5) is 13.9. The van der Waals surface area contributed by atoms with Crippen molar-refractivity contribution in [2.24, 2.45) is 5.73 Å². The van der Waals surface area contributed by atoms with Gasteiger partial charge >= 0.3 is 0 Å². The highest BCUT2D eigenvalue weighted by Crippen LogP contribution is 2.33. The number of primary amides is 1. The Kier molecular flexibility index (Phi) is 6.34. The van der Waals surface area contributed by atoms with Crippen molar-refractivity contribution in [3.05, 3.63) is 41.0 Å². The zero-order valence-corrected chi connectivity index (χ0v) is 16.9. The zero-order valence-electron chi connectivity index (χ0n) is 16.0. The maximum atomic E-state index is 12.2. The topological polar surface area (TPSA) is 92.5 Å². The average Bonchev–Trinajstić information content (AvgIpc) is 2.61. The van der Waals surface area contributed by atoms with Gasteiger partial charge in [0.15, 0.2) is 10.7 Å². The predicted molar refractivity (Wildman–Crippen MR) is 108 cm³/mol. The van der Waals surface area contributed by atoms with Gasteiger partial charge in [-0.05, 0) is 68.4 Å². The molecule has 1 saturated heterocycles. The number of thiol groups is 1. The molecule has 3 atom stereocenters. The Morgan fingerprint density at radius 3 is 2.48 bits per heavy atom. The van der Waals surface area contributed by atoms with Crippen molar-refractivity contribution in [3.63, 3.8) is 0 Å². The summed E-state index contributed by atoms with van der Waals surface area (Å²) in [6.45, 7) is 5.44. The third-order valence-corrected chi connectivity index (χ3v) is 6.40. The van der Waals surface area contributed by atoms with Crippen LogP contribution in [0, 0.1) is 0 Å². The molecule has 3 unspecified atom stereocenters. The summed E-state index contributed by atoms with van der Waals surface area (Å²) in [7, 11) is -2.69. The van der Waals surface area contributed by atoms with E-state index in [1.807, 2.05) is 11.0 Å². The van der Waals surface area contributed by atoms with Crippen molar-refractivity contribution in [1.82, 2.24) is 10.2 Å². The number of nitrogens with two attached hydrogens (primary N) is 1. The molecule has 1 aliphatic carbocycles. The van der Waals surface area contributed by atoms with Crippen LogP contribution < -0.4 is 11.1 Å². The molecule has 7 heteroatoms. The van der Waals surface area contributed by atoms with E-state index in [0.29, 0.717) is 24.2 Å². The highest BCUT2D eigenvalue weighted by molar-refractivity contribution is 7.72. The summed E-state index contributed by atoms with van der Waals surface area (Å²) in [5, 5.41) is 2.74. The lowest BCUT2D eigenvalue weighted by Crippen LogP contribution is -2.55. The Balaban J connectivity index is 2.03. The molecule has 1 heterocycles. The fourth-order valence-electron chi connectivity index (χ4n) is 4.32. The Labute approximate surface area is 162 Å². The first-order valence-corrected chi connectivity index (χ1v) is 10.9. The molecule has 1 aromatic rings. The monoisotopic (exact) mass is 391 g/mol. The first-order chi connectivity index (χ1) is 12.9. The maximum absolute atomic E-state index is 12.2. The van der Waals surface area contributed by atoms with Crippen molar-refractivity contribution in [2.45, 2.75) is 57.0 Å². The van der Waals surface area contributed by atoms with Gasteiger partial charge in [-0.2, -0.15) is 0 Å². The first-order valence-electron chi connectivity index (χ1n) is 9.63. The second-order valence-electron chi connectivity index (χ2n) is 7.73. The number of carbonyl (C=O) groups is 1. The van der Waals surface area contributed by atoms with E-state index < -0.39 is 22.0 Å². The summed E-state index contributed by atoms with van der Waals surface area (Å²) in [6.07, 6.45) is 6.22. The Morgan fingerprint density at radius 2 is 1.93 bits per heavy atom. The fourth-order valence-corrected chi connectivity index (χ4v) is 5.18. The summed E-state index contributed by atoms with van der Waals surface area (Å²) >= 11 is 0. The molecule has 1 aromatic carbocycles. The fraction of sp³-hybridized carbons (Fsp3) is 0.550. The van der Waals surface area contributed by atoms with E-state index in [-0.39, 0.29) is 12.1 Å². The standard InChI is InChI=1S/C20H29N3O3S/c1-13-11-23(12-14(2)22-13)20(27(25)26)16-8-9-17(19(21)24)18(10-16)15-6-4-3-5-7-15/h6,8-10,13-14,20,22,27H,3-5,7,11-12H2,1-2H3,(H2,21,24). The average molecular weight is 392 g/mol. The molecule has 1 fully saturated rings. The number of nitrogens with zero attached hydrogens (tertiary/aromatic N) is 1. The third-order valence-electron chi connectivity index (χ3n) is 5.38. The van der Waals surface area contributed by atoms with Crippen molar-refractivity contribution >= 4 is 22.2 Å². The number of benzene rings is 1. The van der Waals surface area contributed by atoms with Crippen LogP contribution in [-0.2, 0) is 10.7 Å². The Bertz CT molecular complexity index is 801. The molecule has 148 valence electrons. The molecule has 0 spiro atoms. The predicted octanol–water partition coefficient (Wildman–Crippen LogP) is 2.04. The number of hydrogen-bond acceptors (Lipinski definition) is 5. The first kappa shape index (κ1) is 20.0. The van der Waals surface area contributed by atoms with Crippen LogP contribution in [0.5, 0.6) is 0 Å². The highest BCUT2D eigenvalue weighted by Gasteiger charge is 2.30. The molecule has 0 bridgehead atoms. The smallest absolute Gasteiger partial charge is 0.249 e. The van der Waals surface area contributed by atoms with Crippen molar-refractivity contribution < 1.29 is 13.2 Å². The lowest BCUT2D eigenvalue weighted by molar-refractivity contribution is 0.1000. The van der Waals surface area contributed by atoms with E-state index in [0.717, 1.165) is 36.8 Å². The van der Waals surface area contributed by atoms with Crippen LogP contribution in [-0.4, -0.2) is 44.4 Å². The van der Waals surface area contributed by atoms with E-state index in [1.54, 1.807) is 12.1 Å². The summed E-state index contributed by atoms with van der Waals surface area (Å²) in [5.41, 5.74) is 8.64. The van der Waals surface area contributed by atoms with Gasteiger partial charge in [0.05, 0.1) is 0 Å². The quantitative estimate of drug-likeness (QED) is 0.668. The molecule has 1 aliphatic heterocycles. The molecular formula is C20H29N3O3S. The maximum Gasteiger partial charge on any atom is 0.249 e. The van der Waals surface area contributed by atoms with E-state index in [1.165, 1.54) is 0 Å². The van der Waals surface area contributed by atoms with Gasteiger partial charge in [-0.15, -0.1) is 0 Å². The number of amides is 1. The normalized spacial score (nSPS) is 25.2. The second kappa shape index (κ2) is 8.54. The zero-order chi connectivity index (χ0) is 19.6. The van der Waals surface area contributed by atoms with Crippen LogP contribution in [0.25, 0.3) is 5.57 Å². The molecule has 27 heavy (non-hydrogen) atoms. The lowest BCUT2D eigenvalue weighted by atomic mass is 9.89. The van der Waals surface area contributed by atoms with Crippen molar-refractivity contribution in [2.75, 3.05) is 13.1 Å². The van der Waals surface area contributed by atoms with Crippen molar-refractivity contribution in [1.29, 1.82) is 0 Å². The van der Waals surface area contributed by atoms with Gasteiger partial charge in [-0.3, -0.25) is 9.69 Å². The number of nitrogens with one attached hydrogen (secondary N) is 1. The van der Waals surface area contributed by atoms with Crippen LogP contribution in [0.1, 0.15) is 66.4 Å². The van der Waals surface area contributed by atoms with Crippen LogP contribution in [0.2, 0.25) is 0 Å². The molecule has 2 aliphatic rings. The van der Waals surface area contributed by atoms with E-state index in [2.05, 4.69) is 25.2 Å². The van der Waals surface area contributed by atoms with Crippen LogP contribution >= 0.6 is 0 Å². The van der Waals surface area contributed by atoms with Crippen LogP contribution in [0.15, 0.2) is 24.3 Å². The number of allylic oxidation sites excluding steroid dienone is 2. The van der Waals surface area contributed by atoms with Gasteiger partial charge in [-0.25, -0.2) is 8.42 Å². The molecule has 3 rings (SSSR count). The largest absolute Gasteiger partial charge is 0.366 e. The summed E-state index contributed by atoms with van der Waals surface area (Å²) in [5.74, 6) is -0.476. The highest BCUT2D eigenvalue weighted by atomic mass is 32.2. The van der Waals surface area contributed by atoms with Crippen LogP contribution in [0.4, 0.5) is 0 Å². The molecule has 0 saturated carbocycles. The Hall–Kier alpha value is -1.70. The molecule has 0 aromatic heterocycles. The van der Waals surface area contributed by atoms with E-state index in [9.17, 15) is 13.2 Å². The van der Waals surface area contributed by atoms with Gasteiger partial charge in [-0.1, -0.05) is 12.1 Å². The summed E-state index contributed by atoms with van der Waals surface area (Å²) in [6, 6.07) is 5.72. The number of carbonyl (C=O) groups excluding carboxylic acids is 1. The minimum absolute atomic E-state index is 0.219. The van der Waals surface area contributed by atoms with E-state index >= 15 is 0 Å². The van der Waals surface area contributed by atoms with Gasteiger partial charge in [0.25, 0.3) is 0 Å². The SMILES string of the molecule is CC1CN(C(c2ccc(C(N)=O)c(C3=CCCCC3)c2)[SH](=O)=O)CC(C)N1. The van der Waals surface area contributed by atoms with Crippen LogP contribution in [0.3, 0.4) is 0 Å². The van der Waals surface area contributed by atoms with Gasteiger partial charge in [0.2, 0.25) is 5.91 Å². The minimum Gasteiger partial charge on any atom is -0.366 e. The van der Waals surface area contributed by atoms with Crippen molar-refractivity contribution in [3.8, 4) is 0 Å². The summed E-state index contributed by atoms with van der Waals surface area (Å²) < 4.78 is 24.4. The molecule has 0 radical (unpaired) electrons. The minimum atomic E-state index is -2.69. The second-order valence-corrected chi connectivity index (χ2v) is 8.79.